The summed E-state index contributed by atoms with van der Waals surface area (Å²) in [4.78, 5) is 8.23. The quantitative estimate of drug-likeness (QED) is 0.620. The van der Waals surface area contributed by atoms with Crippen LogP contribution in [0.4, 0.5) is 0 Å². The molecule has 1 atom stereocenters. The van der Waals surface area contributed by atoms with E-state index >= 15 is 0 Å². The van der Waals surface area contributed by atoms with Gasteiger partial charge in [0.25, 0.3) is 0 Å². The highest BCUT2D eigenvalue weighted by molar-refractivity contribution is 5.27. The van der Waals surface area contributed by atoms with Gasteiger partial charge in [-0.05, 0) is 26.2 Å². The van der Waals surface area contributed by atoms with Gasteiger partial charge in [-0.1, -0.05) is 0 Å². The van der Waals surface area contributed by atoms with E-state index in [1.165, 1.54) is 0 Å². The Bertz CT molecular complexity index is 294. The molecule has 2 N–H and O–H groups in total. The average molecular weight is 163 g/mol. The van der Waals surface area contributed by atoms with Crippen LogP contribution in [-0.2, 0) is 12.0 Å². The number of nitrogens with two attached hydrogens (primary N) is 1. The maximum Gasteiger partial charge on any atom is 0.115 e. The Kier molecular flexibility index (Phi) is 1.61. The van der Waals surface area contributed by atoms with E-state index in [-0.39, 0.29) is 5.54 Å². The molecule has 3 heteroatoms. The largest absolute Gasteiger partial charge is 0.322 e. The Morgan fingerprint density at radius 3 is 3.17 bits per heavy atom. The smallest absolute Gasteiger partial charge is 0.115 e. The fraction of sp³-hybridized carbons (Fsp3) is 0.556. The van der Waals surface area contributed by atoms with E-state index < -0.39 is 0 Å². The highest BCUT2D eigenvalue weighted by Gasteiger charge is 2.28. The van der Waals surface area contributed by atoms with E-state index in [0.717, 1.165) is 30.5 Å². The van der Waals surface area contributed by atoms with E-state index in [0.29, 0.717) is 0 Å². The molecule has 1 unspecified atom stereocenters. The first-order valence-corrected chi connectivity index (χ1v) is 4.28. The minimum atomic E-state index is -0.213. The van der Waals surface area contributed by atoms with Crippen molar-refractivity contribution in [3.63, 3.8) is 0 Å². The molecule has 2 rings (SSSR count). The van der Waals surface area contributed by atoms with Crippen molar-refractivity contribution in [2.75, 3.05) is 0 Å². The number of hydrogen-bond acceptors (Lipinski definition) is 3. The summed E-state index contributed by atoms with van der Waals surface area (Å²) in [6.07, 6.45) is 6.66. The number of aryl methyl sites for hydroxylation is 1. The molecular formula is C9H13N3. The number of aromatic nitrogens is 2. The molecule has 0 fully saturated rings. The standard InChI is InChI=1S/C9H13N3/c1-9(10)4-2-3-8-7(9)5-11-6-12-8/h5-6H,2-4,10H2,1H3. The highest BCUT2D eigenvalue weighted by Crippen LogP contribution is 2.30. The highest BCUT2D eigenvalue weighted by atomic mass is 14.9. The number of fused-ring (bicyclic) bond motifs is 1. The maximum absolute atomic E-state index is 6.11. The van der Waals surface area contributed by atoms with Gasteiger partial charge in [-0.2, -0.15) is 0 Å². The van der Waals surface area contributed by atoms with Gasteiger partial charge in [-0.3, -0.25) is 0 Å². The minimum absolute atomic E-state index is 0.213. The lowest BCUT2D eigenvalue weighted by Gasteiger charge is -2.30. The monoisotopic (exact) mass is 163 g/mol. The normalized spacial score (nSPS) is 28.2. The van der Waals surface area contributed by atoms with Gasteiger partial charge in [0.1, 0.15) is 6.33 Å². The van der Waals surface area contributed by atoms with Crippen LogP contribution in [0, 0.1) is 0 Å². The number of hydrogen-bond donors (Lipinski definition) is 1. The van der Waals surface area contributed by atoms with Crippen molar-refractivity contribution in [2.24, 2.45) is 5.73 Å². The van der Waals surface area contributed by atoms with Crippen molar-refractivity contribution in [3.8, 4) is 0 Å². The van der Waals surface area contributed by atoms with Crippen LogP contribution in [0.3, 0.4) is 0 Å². The van der Waals surface area contributed by atoms with Crippen molar-refractivity contribution in [2.45, 2.75) is 31.7 Å². The summed E-state index contributed by atoms with van der Waals surface area (Å²) in [5.41, 5.74) is 8.14. The minimum Gasteiger partial charge on any atom is -0.322 e. The molecule has 3 nitrogen and oxygen atoms in total. The van der Waals surface area contributed by atoms with Gasteiger partial charge in [0, 0.05) is 23.0 Å². The van der Waals surface area contributed by atoms with Crippen LogP contribution < -0.4 is 5.73 Å². The van der Waals surface area contributed by atoms with E-state index in [2.05, 4.69) is 9.97 Å². The average Bonchev–Trinajstić information content (AvgIpc) is 2.04. The molecule has 0 spiro atoms. The van der Waals surface area contributed by atoms with Crippen LogP contribution in [0.2, 0.25) is 0 Å². The lowest BCUT2D eigenvalue weighted by molar-refractivity contribution is 0.402. The Morgan fingerprint density at radius 1 is 1.58 bits per heavy atom. The Morgan fingerprint density at radius 2 is 2.42 bits per heavy atom. The predicted molar refractivity (Wildman–Crippen MR) is 46.5 cm³/mol. The first-order chi connectivity index (χ1) is 5.70. The summed E-state index contributed by atoms with van der Waals surface area (Å²) in [6.45, 7) is 2.05. The number of nitrogens with zero attached hydrogens (tertiary/aromatic N) is 2. The fourth-order valence-electron chi connectivity index (χ4n) is 1.79. The van der Waals surface area contributed by atoms with Crippen molar-refractivity contribution < 1.29 is 0 Å². The first-order valence-electron chi connectivity index (χ1n) is 4.28. The second-order valence-corrected chi connectivity index (χ2v) is 3.65. The molecule has 0 bridgehead atoms. The molecule has 0 aromatic carbocycles. The van der Waals surface area contributed by atoms with Gasteiger partial charge in [0.2, 0.25) is 0 Å². The van der Waals surface area contributed by atoms with E-state index in [9.17, 15) is 0 Å². The molecule has 12 heavy (non-hydrogen) atoms. The zero-order valence-electron chi connectivity index (χ0n) is 7.25. The molecule has 0 radical (unpaired) electrons. The zero-order chi connectivity index (χ0) is 8.60. The topological polar surface area (TPSA) is 51.8 Å². The van der Waals surface area contributed by atoms with E-state index in [4.69, 9.17) is 5.73 Å². The maximum atomic E-state index is 6.11. The third-order valence-electron chi connectivity index (χ3n) is 2.52. The molecule has 1 aromatic rings. The van der Waals surface area contributed by atoms with Gasteiger partial charge in [-0.25, -0.2) is 9.97 Å². The SMILES string of the molecule is CC1(N)CCCc2ncncc21. The second-order valence-electron chi connectivity index (χ2n) is 3.65. The van der Waals surface area contributed by atoms with Crippen LogP contribution in [0.15, 0.2) is 12.5 Å². The zero-order valence-corrected chi connectivity index (χ0v) is 7.25. The van der Waals surface area contributed by atoms with Gasteiger partial charge in [0.15, 0.2) is 0 Å². The summed E-state index contributed by atoms with van der Waals surface area (Å²) in [5.74, 6) is 0. The second kappa shape index (κ2) is 2.52. The third kappa shape index (κ3) is 1.10. The Labute approximate surface area is 72.0 Å². The molecule has 0 saturated heterocycles. The van der Waals surface area contributed by atoms with Crippen LogP contribution in [0.25, 0.3) is 0 Å². The lowest BCUT2D eigenvalue weighted by Crippen LogP contribution is -2.37. The van der Waals surface area contributed by atoms with Crippen LogP contribution in [0.1, 0.15) is 31.0 Å². The summed E-state index contributed by atoms with van der Waals surface area (Å²) < 4.78 is 0. The third-order valence-corrected chi connectivity index (χ3v) is 2.52. The van der Waals surface area contributed by atoms with E-state index in [1.807, 2.05) is 13.1 Å². The predicted octanol–water partition coefficient (Wildman–Crippen LogP) is 0.987. The van der Waals surface area contributed by atoms with Crippen LogP contribution in [0.5, 0.6) is 0 Å². The van der Waals surface area contributed by atoms with Crippen molar-refractivity contribution >= 4 is 0 Å². The van der Waals surface area contributed by atoms with Gasteiger partial charge >= 0.3 is 0 Å². The molecule has 1 aliphatic rings. The molecule has 1 aliphatic carbocycles. The lowest BCUT2D eigenvalue weighted by atomic mass is 9.82. The summed E-state index contributed by atoms with van der Waals surface area (Å²) >= 11 is 0. The van der Waals surface area contributed by atoms with Crippen molar-refractivity contribution in [1.82, 2.24) is 9.97 Å². The Balaban J connectivity index is 2.52. The molecule has 0 saturated carbocycles. The van der Waals surface area contributed by atoms with Gasteiger partial charge in [-0.15, -0.1) is 0 Å². The molecular weight excluding hydrogens is 150 g/mol. The first kappa shape index (κ1) is 7.68. The Hall–Kier alpha value is -0.960. The van der Waals surface area contributed by atoms with Crippen molar-refractivity contribution in [3.05, 3.63) is 23.8 Å². The van der Waals surface area contributed by atoms with Crippen LogP contribution >= 0.6 is 0 Å². The summed E-state index contributed by atoms with van der Waals surface area (Å²) in [5, 5.41) is 0. The van der Waals surface area contributed by atoms with Gasteiger partial charge < -0.3 is 5.73 Å². The molecule has 64 valence electrons. The molecule has 1 heterocycles. The number of rotatable bonds is 0. The fourth-order valence-corrected chi connectivity index (χ4v) is 1.79. The van der Waals surface area contributed by atoms with Crippen LogP contribution in [-0.4, -0.2) is 9.97 Å². The van der Waals surface area contributed by atoms with Gasteiger partial charge in [0.05, 0.1) is 0 Å². The summed E-state index contributed by atoms with van der Waals surface area (Å²) in [7, 11) is 0. The summed E-state index contributed by atoms with van der Waals surface area (Å²) in [6, 6.07) is 0. The van der Waals surface area contributed by atoms with Crippen molar-refractivity contribution in [1.29, 1.82) is 0 Å². The molecule has 0 amide bonds. The molecule has 0 aliphatic heterocycles. The van der Waals surface area contributed by atoms with E-state index in [1.54, 1.807) is 6.33 Å². The molecule has 1 aromatic heterocycles.